The first-order valence-corrected chi connectivity index (χ1v) is 13.3. The van der Waals surface area contributed by atoms with Crippen LogP contribution >= 0.6 is 12.2 Å². The summed E-state index contributed by atoms with van der Waals surface area (Å²) in [7, 11) is 0. The zero-order chi connectivity index (χ0) is 26.2. The van der Waals surface area contributed by atoms with Crippen molar-refractivity contribution in [2.75, 3.05) is 36.1 Å². The minimum Gasteiger partial charge on any atom is -0.506 e. The largest absolute Gasteiger partial charge is 0.506 e. The number of thiocarbonyl (C=S) groups is 1. The van der Waals surface area contributed by atoms with Gasteiger partial charge < -0.3 is 29.5 Å². The molecule has 2 aliphatic heterocycles. The molecule has 2 N–H and O–H groups in total. The van der Waals surface area contributed by atoms with Crippen LogP contribution in [0.4, 0.5) is 11.4 Å². The number of nitrogens with one attached hydrogen (secondary N) is 1. The van der Waals surface area contributed by atoms with Gasteiger partial charge in [-0.3, -0.25) is 4.98 Å². The molecule has 2 saturated heterocycles. The van der Waals surface area contributed by atoms with Crippen molar-refractivity contribution in [1.82, 2.24) is 14.9 Å². The topological polar surface area (TPSA) is 65.8 Å². The zero-order valence-electron chi connectivity index (χ0n) is 21.5. The molecule has 0 bridgehead atoms. The van der Waals surface area contributed by atoms with Crippen molar-refractivity contribution in [3.05, 3.63) is 102 Å². The van der Waals surface area contributed by atoms with E-state index >= 15 is 0 Å². The lowest BCUT2D eigenvalue weighted by atomic mass is 9.96. The van der Waals surface area contributed by atoms with Gasteiger partial charge in [0.25, 0.3) is 0 Å². The van der Waals surface area contributed by atoms with E-state index in [-0.39, 0.29) is 17.8 Å². The van der Waals surface area contributed by atoms with E-state index < -0.39 is 0 Å². The third kappa shape index (κ3) is 4.29. The number of ether oxygens (including phenoxy) is 1. The van der Waals surface area contributed by atoms with Gasteiger partial charge in [-0.25, -0.2) is 0 Å². The standard InChI is InChI=1S/C30H31N5O2S/c1-20-19-24(21(2)34(20)26-8-3-4-9-27(26)36)29-28(25-7-5-6-14-31-25)32-30(38)35(29)23-12-10-22(11-13-23)33-15-17-37-18-16-33/h3-14,19,28-29,36H,15-18H2,1-2H3,(H,32,38)/t28-,29+/m0/s1. The molecule has 0 saturated carbocycles. The van der Waals surface area contributed by atoms with E-state index in [2.05, 4.69) is 63.9 Å². The first kappa shape index (κ1) is 24.5. The van der Waals surface area contributed by atoms with Crippen LogP contribution < -0.4 is 15.1 Å². The second-order valence-electron chi connectivity index (χ2n) is 9.76. The average molecular weight is 526 g/mol. The van der Waals surface area contributed by atoms with Gasteiger partial charge in [0.05, 0.1) is 36.7 Å². The number of aromatic nitrogens is 2. The van der Waals surface area contributed by atoms with Crippen LogP contribution in [0.3, 0.4) is 0 Å². The van der Waals surface area contributed by atoms with Gasteiger partial charge >= 0.3 is 0 Å². The molecule has 2 aromatic carbocycles. The van der Waals surface area contributed by atoms with E-state index in [0.717, 1.165) is 60.3 Å². The highest BCUT2D eigenvalue weighted by atomic mass is 32.1. The Kier molecular flexibility index (Phi) is 6.51. The molecular weight excluding hydrogens is 494 g/mol. The van der Waals surface area contributed by atoms with E-state index in [1.165, 1.54) is 5.69 Å². The molecule has 0 unspecified atom stereocenters. The van der Waals surface area contributed by atoms with E-state index in [0.29, 0.717) is 5.11 Å². The Hall–Kier alpha value is -3.88. The number of phenols is 1. The number of phenolic OH excluding ortho intramolecular Hbond substituents is 1. The molecule has 0 radical (unpaired) electrons. The molecule has 6 rings (SSSR count). The van der Waals surface area contributed by atoms with Crippen LogP contribution in [0.2, 0.25) is 0 Å². The fourth-order valence-corrected chi connectivity index (χ4v) is 6.05. The predicted octanol–water partition coefficient (Wildman–Crippen LogP) is 5.21. The van der Waals surface area contributed by atoms with Crippen LogP contribution in [0.25, 0.3) is 5.69 Å². The van der Waals surface area contributed by atoms with Gasteiger partial charge in [-0.1, -0.05) is 18.2 Å². The third-order valence-corrected chi connectivity index (χ3v) is 7.83. The average Bonchev–Trinajstić information content (AvgIpc) is 3.45. The summed E-state index contributed by atoms with van der Waals surface area (Å²) in [5.74, 6) is 0.248. The summed E-state index contributed by atoms with van der Waals surface area (Å²) in [6.07, 6.45) is 1.82. The highest BCUT2D eigenvalue weighted by molar-refractivity contribution is 7.80. The van der Waals surface area contributed by atoms with E-state index in [4.69, 9.17) is 21.9 Å². The lowest BCUT2D eigenvalue weighted by Gasteiger charge is -2.31. The van der Waals surface area contributed by atoms with Crippen LogP contribution in [0.5, 0.6) is 5.75 Å². The second-order valence-corrected chi connectivity index (χ2v) is 10.1. The molecule has 4 aromatic rings. The number of aromatic hydroxyl groups is 1. The van der Waals surface area contributed by atoms with Crippen LogP contribution in [0.1, 0.15) is 34.7 Å². The number of nitrogens with zero attached hydrogens (tertiary/aromatic N) is 4. The van der Waals surface area contributed by atoms with E-state index in [1.54, 1.807) is 6.07 Å². The van der Waals surface area contributed by atoms with Gasteiger partial charge in [0.1, 0.15) is 5.75 Å². The highest BCUT2D eigenvalue weighted by Gasteiger charge is 2.42. The lowest BCUT2D eigenvalue weighted by Crippen LogP contribution is -2.36. The number of aryl methyl sites for hydroxylation is 1. The van der Waals surface area contributed by atoms with Crippen molar-refractivity contribution in [2.24, 2.45) is 0 Å². The summed E-state index contributed by atoms with van der Waals surface area (Å²) < 4.78 is 7.63. The number of benzene rings is 2. The van der Waals surface area contributed by atoms with Crippen molar-refractivity contribution in [1.29, 1.82) is 0 Å². The minimum atomic E-state index is -0.138. The summed E-state index contributed by atoms with van der Waals surface area (Å²) in [6.45, 7) is 7.47. The number of hydrogen-bond donors (Lipinski definition) is 2. The summed E-state index contributed by atoms with van der Waals surface area (Å²) >= 11 is 5.95. The number of morpholine rings is 1. The summed E-state index contributed by atoms with van der Waals surface area (Å²) in [5.41, 5.74) is 7.13. The molecule has 8 heteroatoms. The van der Waals surface area contributed by atoms with Gasteiger partial charge in [0.15, 0.2) is 5.11 Å². The SMILES string of the molecule is Cc1cc([C@@H]2[C@H](c3ccccn3)NC(=S)N2c2ccc(N3CCOCC3)cc2)c(C)n1-c1ccccc1O. The van der Waals surface area contributed by atoms with Crippen molar-refractivity contribution in [3.63, 3.8) is 0 Å². The molecule has 2 atom stereocenters. The minimum absolute atomic E-state index is 0.127. The molecule has 7 nitrogen and oxygen atoms in total. The molecule has 4 heterocycles. The molecule has 38 heavy (non-hydrogen) atoms. The normalized spacial score (nSPS) is 19.6. The Morgan fingerprint density at radius 3 is 2.37 bits per heavy atom. The molecule has 0 spiro atoms. The second kappa shape index (κ2) is 10.1. The predicted molar refractivity (Wildman–Crippen MR) is 154 cm³/mol. The Bertz CT molecular complexity index is 1450. The van der Waals surface area contributed by atoms with Crippen LogP contribution in [-0.4, -0.2) is 46.1 Å². The fraction of sp³-hybridized carbons (Fsp3) is 0.267. The van der Waals surface area contributed by atoms with Gasteiger partial charge in [0.2, 0.25) is 0 Å². The summed E-state index contributed by atoms with van der Waals surface area (Å²) in [4.78, 5) is 9.24. The van der Waals surface area contributed by atoms with Crippen LogP contribution in [0.15, 0.2) is 79.0 Å². The smallest absolute Gasteiger partial charge is 0.174 e. The molecule has 194 valence electrons. The van der Waals surface area contributed by atoms with Crippen molar-refractivity contribution in [3.8, 4) is 11.4 Å². The zero-order valence-corrected chi connectivity index (χ0v) is 22.4. The number of para-hydroxylation sites is 2. The van der Waals surface area contributed by atoms with E-state index in [1.807, 2.05) is 42.6 Å². The Morgan fingerprint density at radius 2 is 1.66 bits per heavy atom. The Morgan fingerprint density at radius 1 is 0.947 bits per heavy atom. The molecule has 2 aliphatic rings. The van der Waals surface area contributed by atoms with E-state index in [9.17, 15) is 5.11 Å². The van der Waals surface area contributed by atoms with Crippen LogP contribution in [0, 0.1) is 13.8 Å². The fourth-order valence-electron chi connectivity index (χ4n) is 5.71. The molecule has 2 aromatic heterocycles. The van der Waals surface area contributed by atoms with Crippen molar-refractivity contribution >= 4 is 28.7 Å². The molecule has 2 fully saturated rings. The van der Waals surface area contributed by atoms with Gasteiger partial charge in [-0.15, -0.1) is 0 Å². The Balaban J connectivity index is 1.44. The number of hydrogen-bond acceptors (Lipinski definition) is 5. The maximum Gasteiger partial charge on any atom is 0.174 e. The van der Waals surface area contributed by atoms with Gasteiger partial charge in [-0.05, 0) is 86.2 Å². The quantitative estimate of drug-likeness (QED) is 0.347. The molecule has 0 aliphatic carbocycles. The molecule has 0 amide bonds. The lowest BCUT2D eigenvalue weighted by molar-refractivity contribution is 0.122. The van der Waals surface area contributed by atoms with Gasteiger partial charge in [-0.2, -0.15) is 0 Å². The maximum atomic E-state index is 10.6. The van der Waals surface area contributed by atoms with Crippen molar-refractivity contribution < 1.29 is 9.84 Å². The highest BCUT2D eigenvalue weighted by Crippen LogP contribution is 2.44. The monoisotopic (exact) mass is 525 g/mol. The summed E-state index contributed by atoms with van der Waals surface area (Å²) in [5, 5.41) is 14.9. The first-order valence-electron chi connectivity index (χ1n) is 12.9. The van der Waals surface area contributed by atoms with Gasteiger partial charge in [0, 0.05) is 42.0 Å². The van der Waals surface area contributed by atoms with Crippen LogP contribution in [-0.2, 0) is 4.74 Å². The number of rotatable bonds is 5. The first-order chi connectivity index (χ1) is 18.5. The Labute approximate surface area is 228 Å². The molecular formula is C30H31N5O2S. The number of pyridine rings is 1. The maximum absolute atomic E-state index is 10.6. The summed E-state index contributed by atoms with van der Waals surface area (Å²) in [6, 6.07) is 24.0. The third-order valence-electron chi connectivity index (χ3n) is 7.51. The van der Waals surface area contributed by atoms with Crippen molar-refractivity contribution in [2.45, 2.75) is 25.9 Å². The number of anilines is 2.